The summed E-state index contributed by atoms with van der Waals surface area (Å²) in [5.74, 6) is 0.731. The summed E-state index contributed by atoms with van der Waals surface area (Å²) in [7, 11) is 0. The normalized spacial score (nSPS) is 13.5. The summed E-state index contributed by atoms with van der Waals surface area (Å²) < 4.78 is 2.56. The van der Waals surface area contributed by atoms with E-state index >= 15 is 0 Å². The summed E-state index contributed by atoms with van der Waals surface area (Å²) in [6.07, 6.45) is 10.4. The van der Waals surface area contributed by atoms with Crippen molar-refractivity contribution >= 4 is 0 Å². The van der Waals surface area contributed by atoms with E-state index in [4.69, 9.17) is 0 Å². The highest BCUT2D eigenvalue weighted by Crippen LogP contribution is 2.38. The molecule has 0 radical (unpaired) electrons. The molecule has 210 valence electrons. The molecule has 1 aliphatic heterocycles. The molecule has 3 heteroatoms. The van der Waals surface area contributed by atoms with Crippen LogP contribution in [-0.2, 0) is 12.0 Å². The molecule has 0 saturated carbocycles. The van der Waals surface area contributed by atoms with Crippen LogP contribution in [0.4, 0.5) is 0 Å². The molecule has 0 unspecified atom stereocenters. The second-order valence-corrected chi connectivity index (χ2v) is 11.6. The van der Waals surface area contributed by atoms with E-state index in [-0.39, 0.29) is 5.54 Å². The zero-order valence-corrected chi connectivity index (χ0v) is 24.9. The lowest BCUT2D eigenvalue weighted by molar-refractivity contribution is -0.757. The SMILES string of the molecule is CCC1(CC)CCc2ccc(-c3cccc(-c4cc(-c5ccccc5)cc(-c5ncccn5)c4)c3)cc2-c2cccc[n+]21. The molecule has 0 bridgehead atoms. The number of aryl methyl sites for hydroxylation is 1. The highest BCUT2D eigenvalue weighted by molar-refractivity contribution is 5.82. The molecule has 0 aliphatic carbocycles. The van der Waals surface area contributed by atoms with Crippen LogP contribution in [0.1, 0.15) is 38.7 Å². The van der Waals surface area contributed by atoms with Gasteiger partial charge in [-0.2, -0.15) is 4.57 Å². The molecule has 4 aromatic carbocycles. The van der Waals surface area contributed by atoms with E-state index in [1.54, 1.807) is 12.4 Å². The highest BCUT2D eigenvalue weighted by atomic mass is 15.1. The van der Waals surface area contributed by atoms with Crippen molar-refractivity contribution in [2.45, 2.75) is 45.1 Å². The van der Waals surface area contributed by atoms with E-state index in [0.29, 0.717) is 0 Å². The second kappa shape index (κ2) is 11.4. The van der Waals surface area contributed by atoms with Crippen LogP contribution in [0, 0.1) is 0 Å². The summed E-state index contributed by atoms with van der Waals surface area (Å²) in [6, 6.07) is 41.7. The van der Waals surface area contributed by atoms with E-state index in [2.05, 4.69) is 144 Å². The number of hydrogen-bond acceptors (Lipinski definition) is 2. The Balaban J connectivity index is 1.33. The Hall–Kier alpha value is -4.89. The lowest BCUT2D eigenvalue weighted by Crippen LogP contribution is -2.56. The number of benzene rings is 4. The zero-order chi connectivity index (χ0) is 29.2. The molecule has 2 aromatic heterocycles. The van der Waals surface area contributed by atoms with Crippen LogP contribution in [0.15, 0.2) is 134 Å². The average molecular weight is 559 g/mol. The third-order valence-electron chi connectivity index (χ3n) is 9.33. The van der Waals surface area contributed by atoms with Crippen LogP contribution >= 0.6 is 0 Å². The Morgan fingerprint density at radius 1 is 0.581 bits per heavy atom. The van der Waals surface area contributed by atoms with E-state index < -0.39 is 0 Å². The van der Waals surface area contributed by atoms with Gasteiger partial charge in [0.2, 0.25) is 5.69 Å². The molecule has 0 amide bonds. The number of nitrogens with zero attached hydrogens (tertiary/aromatic N) is 3. The lowest BCUT2D eigenvalue weighted by atomic mass is 9.86. The first-order chi connectivity index (χ1) is 21.2. The molecular weight excluding hydrogens is 522 g/mol. The van der Waals surface area contributed by atoms with Gasteiger partial charge < -0.3 is 0 Å². The van der Waals surface area contributed by atoms with Crippen molar-refractivity contribution in [1.29, 1.82) is 0 Å². The van der Waals surface area contributed by atoms with Crippen molar-refractivity contribution in [2.75, 3.05) is 0 Å². The summed E-state index contributed by atoms with van der Waals surface area (Å²) in [5.41, 5.74) is 12.4. The number of aromatic nitrogens is 3. The van der Waals surface area contributed by atoms with E-state index in [0.717, 1.165) is 48.2 Å². The third kappa shape index (κ3) is 5.06. The van der Waals surface area contributed by atoms with Gasteiger partial charge in [-0.3, -0.25) is 0 Å². The van der Waals surface area contributed by atoms with E-state index in [9.17, 15) is 0 Å². The predicted octanol–water partition coefficient (Wildman–Crippen LogP) is 9.56. The molecule has 0 saturated heterocycles. The first kappa shape index (κ1) is 27.0. The van der Waals surface area contributed by atoms with Gasteiger partial charge in [-0.15, -0.1) is 0 Å². The molecule has 0 spiro atoms. The van der Waals surface area contributed by atoms with Crippen LogP contribution in [0.3, 0.4) is 0 Å². The zero-order valence-electron chi connectivity index (χ0n) is 24.9. The molecule has 6 aromatic rings. The number of rotatable bonds is 6. The summed E-state index contributed by atoms with van der Waals surface area (Å²) in [5, 5.41) is 0. The molecule has 0 atom stereocenters. The minimum atomic E-state index is 0.152. The maximum Gasteiger partial charge on any atom is 0.213 e. The van der Waals surface area contributed by atoms with Gasteiger partial charge in [0, 0.05) is 54.9 Å². The third-order valence-corrected chi connectivity index (χ3v) is 9.33. The first-order valence-electron chi connectivity index (χ1n) is 15.4. The quantitative estimate of drug-likeness (QED) is 0.191. The standard InChI is InChI=1S/C40H36N3/c1-3-40(4-2)20-19-30-17-18-33(28-37(30)38-16-8-9-23-43(38)40)31-14-10-15-32(24-31)35-25-34(29-12-6-5-7-13-29)26-36(27-35)39-41-21-11-22-42-39/h5-18,21-28H,3-4,19-20H2,1-2H3/q+1. The van der Waals surface area contributed by atoms with Gasteiger partial charge in [0.25, 0.3) is 0 Å². The first-order valence-corrected chi connectivity index (χ1v) is 15.4. The predicted molar refractivity (Wildman–Crippen MR) is 176 cm³/mol. The van der Waals surface area contributed by atoms with Crippen LogP contribution < -0.4 is 4.57 Å². The van der Waals surface area contributed by atoms with Gasteiger partial charge in [0.1, 0.15) is 0 Å². The maximum atomic E-state index is 4.56. The Kier molecular flexibility index (Phi) is 7.16. The molecular formula is C40H36N3+. The maximum absolute atomic E-state index is 4.56. The van der Waals surface area contributed by atoms with Crippen molar-refractivity contribution in [2.24, 2.45) is 0 Å². The van der Waals surface area contributed by atoms with Gasteiger partial charge >= 0.3 is 0 Å². The molecule has 1 aliphatic rings. The van der Waals surface area contributed by atoms with Crippen LogP contribution in [0.5, 0.6) is 0 Å². The fourth-order valence-electron chi connectivity index (χ4n) is 6.77. The van der Waals surface area contributed by atoms with Crippen molar-refractivity contribution in [3.8, 4) is 56.0 Å². The lowest BCUT2D eigenvalue weighted by Gasteiger charge is -2.26. The minimum absolute atomic E-state index is 0.152. The van der Waals surface area contributed by atoms with Crippen LogP contribution in [0.25, 0.3) is 56.0 Å². The van der Waals surface area contributed by atoms with Gasteiger partial charge in [-0.05, 0) is 87.8 Å². The van der Waals surface area contributed by atoms with Gasteiger partial charge in [-0.25, -0.2) is 9.97 Å². The summed E-state index contributed by atoms with van der Waals surface area (Å²) in [4.78, 5) is 9.12. The molecule has 7 rings (SSSR count). The van der Waals surface area contributed by atoms with Gasteiger partial charge in [0.05, 0.1) is 0 Å². The van der Waals surface area contributed by atoms with Crippen molar-refractivity contribution < 1.29 is 4.57 Å². The minimum Gasteiger partial charge on any atom is -0.237 e. The molecule has 43 heavy (non-hydrogen) atoms. The molecule has 3 nitrogen and oxygen atoms in total. The number of hydrogen-bond donors (Lipinski definition) is 0. The van der Waals surface area contributed by atoms with E-state index in [1.165, 1.54) is 39.1 Å². The Labute approximate surface area is 254 Å². The van der Waals surface area contributed by atoms with Gasteiger partial charge in [0.15, 0.2) is 17.6 Å². The molecule has 0 fully saturated rings. The smallest absolute Gasteiger partial charge is 0.213 e. The average Bonchev–Trinajstić information content (AvgIpc) is 3.23. The highest BCUT2D eigenvalue weighted by Gasteiger charge is 2.40. The van der Waals surface area contributed by atoms with E-state index in [1.807, 2.05) is 6.07 Å². The van der Waals surface area contributed by atoms with Crippen LogP contribution in [-0.4, -0.2) is 9.97 Å². The Bertz CT molecular complexity index is 1830. The fraction of sp³-hybridized carbons (Fsp3) is 0.175. The van der Waals surface area contributed by atoms with Gasteiger partial charge in [-0.1, -0.05) is 74.5 Å². The van der Waals surface area contributed by atoms with Crippen LogP contribution in [0.2, 0.25) is 0 Å². The second-order valence-electron chi connectivity index (χ2n) is 11.6. The Morgan fingerprint density at radius 2 is 1.21 bits per heavy atom. The largest absolute Gasteiger partial charge is 0.237 e. The molecule has 0 N–H and O–H groups in total. The topological polar surface area (TPSA) is 29.7 Å². The molecule has 3 heterocycles. The summed E-state index contributed by atoms with van der Waals surface area (Å²) in [6.45, 7) is 4.67. The van der Waals surface area contributed by atoms with Crippen molar-refractivity contribution in [3.05, 3.63) is 139 Å². The number of fused-ring (bicyclic) bond motifs is 3. The fourth-order valence-corrected chi connectivity index (χ4v) is 6.77. The monoisotopic (exact) mass is 558 g/mol. The van der Waals surface area contributed by atoms with Crippen molar-refractivity contribution in [3.63, 3.8) is 0 Å². The summed E-state index contributed by atoms with van der Waals surface area (Å²) >= 11 is 0. The Morgan fingerprint density at radius 3 is 1.98 bits per heavy atom. The van der Waals surface area contributed by atoms with Crippen molar-refractivity contribution in [1.82, 2.24) is 9.97 Å². The number of pyridine rings is 1.